The largest absolute Gasteiger partial charge is 0.508 e. The normalized spacial score (nSPS) is 15.7. The van der Waals surface area contributed by atoms with Gasteiger partial charge in [0.25, 0.3) is 11.8 Å². The van der Waals surface area contributed by atoms with Gasteiger partial charge in [0.2, 0.25) is 29.4 Å². The molecule has 0 spiro atoms. The fourth-order valence-corrected chi connectivity index (χ4v) is 6.46. The quantitative estimate of drug-likeness (QED) is 0.114. The Hall–Kier alpha value is -4.85. The molecule has 1 aliphatic rings. The van der Waals surface area contributed by atoms with E-state index in [0.717, 1.165) is 5.56 Å². The van der Waals surface area contributed by atoms with Gasteiger partial charge in [0, 0.05) is 35.3 Å². The number of nitrogens with one attached hydrogen (secondary N) is 3. The number of benzene rings is 1. The number of hydrogen-bond donors (Lipinski definition) is 4. The summed E-state index contributed by atoms with van der Waals surface area (Å²) in [5, 5.41) is 26.9. The lowest BCUT2D eigenvalue weighted by Gasteiger charge is -2.31. The van der Waals surface area contributed by atoms with Gasteiger partial charge in [0.1, 0.15) is 23.5 Å². The summed E-state index contributed by atoms with van der Waals surface area (Å²) in [4.78, 5) is 72.3. The molecule has 1 saturated heterocycles. The molecule has 0 saturated carbocycles. The van der Waals surface area contributed by atoms with E-state index in [4.69, 9.17) is 16.0 Å². The molecule has 286 valence electrons. The lowest BCUT2D eigenvalue weighted by molar-refractivity contribution is -0.142. The van der Waals surface area contributed by atoms with Crippen molar-refractivity contribution in [3.8, 4) is 17.2 Å². The molecular weight excluding hydrogens is 702 g/mol. The summed E-state index contributed by atoms with van der Waals surface area (Å²) in [6, 6.07) is 5.15. The Morgan fingerprint density at radius 1 is 1.00 bits per heavy atom. The van der Waals surface area contributed by atoms with Crippen LogP contribution in [0.2, 0.25) is 5.02 Å². The molecule has 0 radical (unpaired) electrons. The van der Waals surface area contributed by atoms with E-state index in [-0.39, 0.29) is 59.2 Å². The second-order valence-corrected chi connectivity index (χ2v) is 15.4. The monoisotopic (exact) mass is 751 g/mol. The van der Waals surface area contributed by atoms with Crippen LogP contribution in [0.4, 0.5) is 0 Å². The second-order valence-electron chi connectivity index (χ2n) is 14.9. The van der Waals surface area contributed by atoms with Gasteiger partial charge >= 0.3 is 0 Å². The van der Waals surface area contributed by atoms with Crippen LogP contribution in [0.15, 0.2) is 40.9 Å². The van der Waals surface area contributed by atoms with E-state index in [9.17, 15) is 29.1 Å². The molecule has 3 atom stereocenters. The summed E-state index contributed by atoms with van der Waals surface area (Å²) in [7, 11) is 0. The SMILES string of the molecule is Cc1cc(O)cc(-c2nnc(C(=O)[C@@H](NC(=O)[C@@H]3CCCN3C(=O)[C@@H](NC(=O)CCCCC(C)(C)NC(=O)c3cc(Cl)ccn3)C(C)C)C(C)C)o2)c1. The molecule has 1 aliphatic heterocycles. The lowest BCUT2D eigenvalue weighted by Crippen LogP contribution is -2.57. The number of carbonyl (C=O) groups is 5. The number of phenolic OH excluding ortho intramolecular Hbond substituents is 1. The van der Waals surface area contributed by atoms with Crippen LogP contribution < -0.4 is 16.0 Å². The molecule has 53 heavy (non-hydrogen) atoms. The molecule has 1 fully saturated rings. The zero-order valence-electron chi connectivity index (χ0n) is 31.4. The molecule has 3 heterocycles. The van der Waals surface area contributed by atoms with E-state index in [1.165, 1.54) is 23.2 Å². The Morgan fingerprint density at radius 3 is 2.38 bits per heavy atom. The number of nitrogens with zero attached hydrogens (tertiary/aromatic N) is 4. The molecule has 0 bridgehead atoms. The Kier molecular flexibility index (Phi) is 13.7. The number of halogens is 1. The number of amides is 4. The zero-order chi connectivity index (χ0) is 39.0. The number of Topliss-reactive ketones (excluding diaryl/α,β-unsaturated/α-hetero) is 1. The molecule has 4 amide bonds. The van der Waals surface area contributed by atoms with Crippen LogP contribution in [0, 0.1) is 18.8 Å². The van der Waals surface area contributed by atoms with Gasteiger partial charge in [0.15, 0.2) is 0 Å². The Labute approximate surface area is 314 Å². The Bertz CT molecular complexity index is 1790. The third-order valence-corrected chi connectivity index (χ3v) is 9.38. The molecule has 3 aromatic rings. The van der Waals surface area contributed by atoms with Crippen molar-refractivity contribution in [1.82, 2.24) is 36.0 Å². The highest BCUT2D eigenvalue weighted by Crippen LogP contribution is 2.26. The first-order valence-electron chi connectivity index (χ1n) is 18.0. The highest BCUT2D eigenvalue weighted by molar-refractivity contribution is 6.30. The van der Waals surface area contributed by atoms with Crippen molar-refractivity contribution in [2.24, 2.45) is 11.8 Å². The molecule has 14 nitrogen and oxygen atoms in total. The average Bonchev–Trinajstić information content (AvgIpc) is 3.78. The average molecular weight is 752 g/mol. The van der Waals surface area contributed by atoms with E-state index in [0.29, 0.717) is 49.2 Å². The molecule has 4 rings (SSSR count). The van der Waals surface area contributed by atoms with Gasteiger partial charge in [-0.1, -0.05) is 45.7 Å². The van der Waals surface area contributed by atoms with Crippen molar-refractivity contribution in [2.45, 2.75) is 111 Å². The number of rotatable bonds is 16. The van der Waals surface area contributed by atoms with E-state index in [1.807, 2.05) is 27.7 Å². The maximum absolute atomic E-state index is 13.9. The zero-order valence-corrected chi connectivity index (χ0v) is 32.1. The predicted octanol–water partition coefficient (Wildman–Crippen LogP) is 5.02. The molecule has 15 heteroatoms. The van der Waals surface area contributed by atoms with Crippen molar-refractivity contribution in [3.63, 3.8) is 0 Å². The first-order valence-corrected chi connectivity index (χ1v) is 18.4. The summed E-state index contributed by atoms with van der Waals surface area (Å²) in [6.45, 7) is 13.1. The number of likely N-dealkylation sites (tertiary alicyclic amines) is 1. The van der Waals surface area contributed by atoms with Gasteiger partial charge in [-0.3, -0.25) is 29.0 Å². The standard InChI is InChI=1S/C38H50ClN7O7/c1-21(2)30(32(49)36-45-44-35(53-36)24-17-23(5)18-26(47)19-24)42-34(51)28-11-10-16-46(28)37(52)31(22(3)4)41-29(48)12-8-9-14-38(6,7)43-33(50)27-20-25(39)13-15-40-27/h13,15,17-22,28,30-31,47H,8-12,14,16H2,1-7H3,(H,41,48)(H,42,51)(H,43,50)/t28-,30-,31-/m0/s1. The van der Waals surface area contributed by atoms with E-state index in [2.05, 4.69) is 31.1 Å². The number of carbonyl (C=O) groups excluding carboxylic acids is 5. The van der Waals surface area contributed by atoms with Crippen LogP contribution >= 0.6 is 11.6 Å². The molecule has 0 unspecified atom stereocenters. The lowest BCUT2D eigenvalue weighted by atomic mass is 9.96. The maximum Gasteiger partial charge on any atom is 0.286 e. The predicted molar refractivity (Wildman–Crippen MR) is 198 cm³/mol. The third-order valence-electron chi connectivity index (χ3n) is 9.14. The minimum absolute atomic E-state index is 0.0146. The minimum Gasteiger partial charge on any atom is -0.508 e. The van der Waals surface area contributed by atoms with Crippen molar-refractivity contribution >= 4 is 41.0 Å². The smallest absolute Gasteiger partial charge is 0.286 e. The van der Waals surface area contributed by atoms with E-state index in [1.54, 1.807) is 39.0 Å². The number of aryl methyl sites for hydroxylation is 1. The second kappa shape index (κ2) is 17.8. The van der Waals surface area contributed by atoms with Gasteiger partial charge < -0.3 is 30.4 Å². The topological polar surface area (TPSA) is 197 Å². The molecule has 4 N–H and O–H groups in total. The Balaban J connectivity index is 1.32. The van der Waals surface area contributed by atoms with E-state index >= 15 is 0 Å². The van der Waals surface area contributed by atoms with Crippen LogP contribution in [0.5, 0.6) is 5.75 Å². The van der Waals surface area contributed by atoms with Crippen molar-refractivity contribution in [1.29, 1.82) is 0 Å². The van der Waals surface area contributed by atoms with Gasteiger partial charge in [-0.05, 0) is 94.2 Å². The van der Waals surface area contributed by atoms with Crippen LogP contribution in [0.25, 0.3) is 11.5 Å². The summed E-state index contributed by atoms with van der Waals surface area (Å²) in [5.74, 6) is -2.86. The third kappa shape index (κ3) is 11.1. The number of ketones is 1. The summed E-state index contributed by atoms with van der Waals surface area (Å²) in [6.07, 6.45) is 4.42. The fourth-order valence-electron chi connectivity index (χ4n) is 6.30. The van der Waals surface area contributed by atoms with E-state index < -0.39 is 35.4 Å². The first kappa shape index (κ1) is 40.9. The molecule has 0 aliphatic carbocycles. The number of unbranched alkanes of at least 4 members (excludes halogenated alkanes) is 1. The highest BCUT2D eigenvalue weighted by atomic mass is 35.5. The molecule has 1 aromatic carbocycles. The summed E-state index contributed by atoms with van der Waals surface area (Å²) < 4.78 is 5.66. The maximum atomic E-state index is 13.9. The van der Waals surface area contributed by atoms with Crippen LogP contribution in [-0.4, -0.2) is 84.8 Å². The van der Waals surface area contributed by atoms with Crippen LogP contribution in [0.1, 0.15) is 107 Å². The fraction of sp³-hybridized carbons (Fsp3) is 0.526. The summed E-state index contributed by atoms with van der Waals surface area (Å²) in [5.41, 5.74) is 0.878. The van der Waals surface area contributed by atoms with Gasteiger partial charge in [-0.2, -0.15) is 0 Å². The highest BCUT2D eigenvalue weighted by Gasteiger charge is 2.40. The number of hydrogen-bond acceptors (Lipinski definition) is 10. The van der Waals surface area contributed by atoms with Gasteiger partial charge in [-0.25, -0.2) is 0 Å². The number of phenols is 1. The summed E-state index contributed by atoms with van der Waals surface area (Å²) >= 11 is 5.98. The minimum atomic E-state index is -1.01. The van der Waals surface area contributed by atoms with Crippen LogP contribution in [0.3, 0.4) is 0 Å². The van der Waals surface area contributed by atoms with Crippen LogP contribution in [-0.2, 0) is 14.4 Å². The molecule has 2 aromatic heterocycles. The van der Waals surface area contributed by atoms with Crippen molar-refractivity contribution in [3.05, 3.63) is 58.7 Å². The number of pyridine rings is 1. The first-order chi connectivity index (χ1) is 25.0. The van der Waals surface area contributed by atoms with Crippen molar-refractivity contribution in [2.75, 3.05) is 6.54 Å². The van der Waals surface area contributed by atoms with Gasteiger partial charge in [-0.15, -0.1) is 10.2 Å². The number of aromatic hydroxyl groups is 1. The number of aromatic nitrogens is 3. The Morgan fingerprint density at radius 2 is 1.72 bits per heavy atom. The molecular formula is C38H50ClN7O7. The van der Waals surface area contributed by atoms with Gasteiger partial charge in [0.05, 0.1) is 6.04 Å². The van der Waals surface area contributed by atoms with Crippen molar-refractivity contribution < 1.29 is 33.5 Å².